The molecule has 0 spiro atoms. The molecule has 4 N–H and O–H groups in total. The fraction of sp³-hybridized carbons (Fsp3) is 0.192. The molecule has 5 rings (SSSR count). The van der Waals surface area contributed by atoms with E-state index in [0.717, 1.165) is 58.5 Å². The normalized spacial score (nSPS) is 12.3. The van der Waals surface area contributed by atoms with E-state index in [0.29, 0.717) is 23.6 Å². The molecule has 2 aromatic heterocycles. The maximum absolute atomic E-state index is 11.8. The van der Waals surface area contributed by atoms with Crippen molar-refractivity contribution >= 4 is 40.9 Å². The lowest BCUT2D eigenvalue weighted by atomic mass is 9.79. The fourth-order valence-corrected chi connectivity index (χ4v) is 4.61. The van der Waals surface area contributed by atoms with Gasteiger partial charge in [0.1, 0.15) is 5.82 Å². The zero-order chi connectivity index (χ0) is 24.5. The van der Waals surface area contributed by atoms with Crippen LogP contribution in [0, 0.1) is 19.3 Å². The molecule has 0 saturated carbocycles. The highest BCUT2D eigenvalue weighted by atomic mass is 16.4. The molecular formula is C26H24BN5O3. The summed E-state index contributed by atoms with van der Waals surface area (Å²) in [6.07, 6.45) is 8.04. The maximum atomic E-state index is 11.8. The summed E-state index contributed by atoms with van der Waals surface area (Å²) in [5, 5.41) is 26.0. The van der Waals surface area contributed by atoms with Crippen molar-refractivity contribution in [2.75, 3.05) is 10.6 Å². The average Bonchev–Trinajstić information content (AvgIpc) is 3.46. The van der Waals surface area contributed by atoms with Gasteiger partial charge in [0.25, 0.3) is 5.91 Å². The topological polar surface area (TPSA) is 112 Å². The fourth-order valence-electron chi connectivity index (χ4n) is 4.61. The molecule has 1 aliphatic rings. The molecule has 0 fully saturated rings. The molecule has 4 aromatic rings. The van der Waals surface area contributed by atoms with E-state index >= 15 is 0 Å². The summed E-state index contributed by atoms with van der Waals surface area (Å²) in [5.74, 6) is 2.92. The van der Waals surface area contributed by atoms with Crippen LogP contribution in [0.25, 0.3) is 16.9 Å². The largest absolute Gasteiger partial charge is 0.488 e. The third kappa shape index (κ3) is 4.37. The molecule has 9 heteroatoms. The number of hydrogen-bond acceptors (Lipinski definition) is 6. The predicted molar refractivity (Wildman–Crippen MR) is 137 cm³/mol. The number of rotatable bonds is 6. The number of nitrogens with one attached hydrogen (secondary N) is 2. The van der Waals surface area contributed by atoms with Crippen molar-refractivity contribution in [2.24, 2.45) is 0 Å². The van der Waals surface area contributed by atoms with Crippen molar-refractivity contribution in [3.8, 4) is 18.3 Å². The summed E-state index contributed by atoms with van der Waals surface area (Å²) in [6, 6.07) is 14.8. The first-order valence-corrected chi connectivity index (χ1v) is 11.4. The van der Waals surface area contributed by atoms with Crippen LogP contribution in [0.5, 0.6) is 0 Å². The number of carbonyl (C=O) groups is 1. The Morgan fingerprint density at radius 2 is 2.00 bits per heavy atom. The van der Waals surface area contributed by atoms with E-state index < -0.39 is 13.0 Å². The van der Waals surface area contributed by atoms with Gasteiger partial charge in [-0.1, -0.05) is 30.3 Å². The highest BCUT2D eigenvalue weighted by molar-refractivity contribution is 6.58. The molecule has 0 bridgehead atoms. The second-order valence-electron chi connectivity index (χ2n) is 8.58. The van der Waals surface area contributed by atoms with Gasteiger partial charge in [0, 0.05) is 23.2 Å². The molecule has 174 valence electrons. The molecule has 2 heterocycles. The van der Waals surface area contributed by atoms with Crippen molar-refractivity contribution in [3.05, 3.63) is 71.0 Å². The molecule has 1 amide bonds. The summed E-state index contributed by atoms with van der Waals surface area (Å²) in [6.45, 7) is 2.46. The Bertz CT molecular complexity index is 1490. The van der Waals surface area contributed by atoms with Crippen LogP contribution in [0.1, 0.15) is 28.9 Å². The second kappa shape index (κ2) is 9.26. The van der Waals surface area contributed by atoms with Gasteiger partial charge in [-0.15, -0.1) is 6.42 Å². The van der Waals surface area contributed by atoms with Crippen LogP contribution in [-0.4, -0.2) is 37.6 Å². The van der Waals surface area contributed by atoms with Gasteiger partial charge >= 0.3 is 7.12 Å². The van der Waals surface area contributed by atoms with E-state index in [9.17, 15) is 14.8 Å². The van der Waals surface area contributed by atoms with Crippen molar-refractivity contribution < 1.29 is 14.8 Å². The minimum Gasteiger partial charge on any atom is -0.423 e. The summed E-state index contributed by atoms with van der Waals surface area (Å²) >= 11 is 0. The summed E-state index contributed by atoms with van der Waals surface area (Å²) in [4.78, 5) is 21.6. The second-order valence-corrected chi connectivity index (χ2v) is 8.58. The number of aryl methyl sites for hydroxylation is 2. The van der Waals surface area contributed by atoms with E-state index in [1.807, 2.05) is 41.8 Å². The lowest BCUT2D eigenvalue weighted by molar-refractivity contribution is -0.111. The Morgan fingerprint density at radius 3 is 2.80 bits per heavy atom. The van der Waals surface area contributed by atoms with E-state index in [-0.39, 0.29) is 0 Å². The number of terminal acetylenes is 1. The van der Waals surface area contributed by atoms with Crippen molar-refractivity contribution in [1.29, 1.82) is 0 Å². The molecule has 0 atom stereocenters. The molecule has 8 nitrogen and oxygen atoms in total. The van der Waals surface area contributed by atoms with Crippen LogP contribution in [0.3, 0.4) is 0 Å². The molecule has 2 aromatic carbocycles. The Morgan fingerprint density at radius 1 is 1.17 bits per heavy atom. The third-order valence-corrected chi connectivity index (χ3v) is 6.24. The van der Waals surface area contributed by atoms with Crippen LogP contribution in [-0.2, 0) is 24.2 Å². The summed E-state index contributed by atoms with van der Waals surface area (Å²) < 4.78 is 1.98. The van der Waals surface area contributed by atoms with E-state index in [2.05, 4.69) is 16.6 Å². The Balaban J connectivity index is 1.53. The number of fused-ring (bicyclic) bond motifs is 2. The Kier molecular flexibility index (Phi) is 5.99. The van der Waals surface area contributed by atoms with Crippen LogP contribution in [0.4, 0.5) is 11.5 Å². The van der Waals surface area contributed by atoms with Crippen molar-refractivity contribution in [3.63, 3.8) is 0 Å². The number of amides is 1. The van der Waals surface area contributed by atoms with Gasteiger partial charge in [0.2, 0.25) is 5.95 Å². The summed E-state index contributed by atoms with van der Waals surface area (Å²) in [7, 11) is -1.51. The van der Waals surface area contributed by atoms with E-state index in [1.54, 1.807) is 18.2 Å². The highest BCUT2D eigenvalue weighted by Gasteiger charge is 2.22. The van der Waals surface area contributed by atoms with Gasteiger partial charge in [-0.2, -0.15) is 4.98 Å². The van der Waals surface area contributed by atoms with Crippen LogP contribution in [0.2, 0.25) is 0 Å². The number of aromatic nitrogens is 3. The van der Waals surface area contributed by atoms with Crippen LogP contribution >= 0.6 is 0 Å². The molecular weight excluding hydrogens is 441 g/mol. The smallest absolute Gasteiger partial charge is 0.423 e. The molecule has 0 radical (unpaired) electrons. The first-order valence-electron chi connectivity index (χ1n) is 11.4. The molecule has 1 aliphatic carbocycles. The van der Waals surface area contributed by atoms with Crippen molar-refractivity contribution in [2.45, 2.75) is 32.7 Å². The minimum atomic E-state index is -1.51. The van der Waals surface area contributed by atoms with Gasteiger partial charge in [-0.05, 0) is 61.3 Å². The quantitative estimate of drug-likeness (QED) is 0.256. The molecule has 35 heavy (non-hydrogen) atoms. The SMILES string of the molecule is C#CC(=O)Nc1cccc2c1cc(C)n2-c1nc2c(c(NCc3cccc(B(O)O)c3)n1)CCC2. The molecule has 0 aliphatic heterocycles. The average molecular weight is 465 g/mol. The van der Waals surface area contributed by atoms with E-state index in [4.69, 9.17) is 16.4 Å². The van der Waals surface area contributed by atoms with Gasteiger partial charge in [0.05, 0.1) is 16.9 Å². The van der Waals surface area contributed by atoms with Gasteiger partial charge in [0.15, 0.2) is 0 Å². The zero-order valence-corrected chi connectivity index (χ0v) is 19.2. The monoisotopic (exact) mass is 465 g/mol. The van der Waals surface area contributed by atoms with Crippen LogP contribution < -0.4 is 16.1 Å². The molecule has 0 unspecified atom stereocenters. The zero-order valence-electron chi connectivity index (χ0n) is 19.2. The molecule has 0 saturated heterocycles. The first kappa shape index (κ1) is 22.7. The van der Waals surface area contributed by atoms with E-state index in [1.165, 1.54) is 0 Å². The number of carbonyl (C=O) groups excluding carboxylic acids is 1. The Hall–Kier alpha value is -4.13. The van der Waals surface area contributed by atoms with Gasteiger partial charge in [-0.25, -0.2) is 4.98 Å². The Labute approximate surface area is 203 Å². The standard InChI is InChI=1S/C26H24BN5O3/c1-3-24(33)29-22-11-6-12-23-20(22)13-16(2)32(23)26-30-21-10-5-9-19(21)25(31-26)28-15-17-7-4-8-18(14-17)27(34)35/h1,4,6-8,11-14,34-35H,5,9-10,15H2,2H3,(H,29,33)(H,28,30,31). The first-order chi connectivity index (χ1) is 16.9. The number of hydrogen-bond donors (Lipinski definition) is 4. The summed E-state index contributed by atoms with van der Waals surface area (Å²) in [5.41, 5.74) is 5.93. The van der Waals surface area contributed by atoms with Crippen LogP contribution in [0.15, 0.2) is 48.5 Å². The minimum absolute atomic E-state index is 0.445. The van der Waals surface area contributed by atoms with Gasteiger partial charge < -0.3 is 20.7 Å². The van der Waals surface area contributed by atoms with Gasteiger partial charge in [-0.3, -0.25) is 9.36 Å². The predicted octanol–water partition coefficient (Wildman–Crippen LogP) is 2.08. The lowest BCUT2D eigenvalue weighted by Gasteiger charge is -2.15. The maximum Gasteiger partial charge on any atom is 0.488 e. The van der Waals surface area contributed by atoms with Crippen molar-refractivity contribution in [1.82, 2.24) is 14.5 Å². The number of nitrogens with zero attached hydrogens (tertiary/aromatic N) is 3. The number of benzene rings is 2. The lowest BCUT2D eigenvalue weighted by Crippen LogP contribution is -2.30. The third-order valence-electron chi connectivity index (χ3n) is 6.24. The number of anilines is 2. The highest BCUT2D eigenvalue weighted by Crippen LogP contribution is 2.32.